The van der Waals surface area contributed by atoms with Crippen molar-refractivity contribution in [2.45, 2.75) is 25.4 Å². The largest absolute Gasteiger partial charge is 0.361 e. The Balaban J connectivity index is 1.29. The molecule has 0 saturated carbocycles. The molecule has 1 fully saturated rings. The third kappa shape index (κ3) is 4.66. The van der Waals surface area contributed by atoms with Crippen LogP contribution in [0.15, 0.2) is 91.3 Å². The number of amides is 1. The van der Waals surface area contributed by atoms with Gasteiger partial charge in [0.05, 0.1) is 22.5 Å². The number of nitro groups is 1. The van der Waals surface area contributed by atoms with Crippen LogP contribution in [0.2, 0.25) is 0 Å². The molecule has 0 aliphatic carbocycles. The summed E-state index contributed by atoms with van der Waals surface area (Å²) in [5.41, 5.74) is 4.46. The Hall–Kier alpha value is -4.83. The Bertz CT molecular complexity index is 1680. The van der Waals surface area contributed by atoms with Crippen molar-refractivity contribution in [3.05, 3.63) is 113 Å². The van der Waals surface area contributed by atoms with Crippen LogP contribution in [0.1, 0.15) is 17.8 Å². The van der Waals surface area contributed by atoms with Gasteiger partial charge in [-0.15, -0.1) is 0 Å². The number of aromatic nitrogens is 3. The maximum atomic E-state index is 13.8. The van der Waals surface area contributed by atoms with Gasteiger partial charge in [0.25, 0.3) is 11.6 Å². The van der Waals surface area contributed by atoms with Crippen molar-refractivity contribution in [2.75, 3.05) is 4.90 Å². The summed E-state index contributed by atoms with van der Waals surface area (Å²) >= 11 is 5.84. The summed E-state index contributed by atoms with van der Waals surface area (Å²) in [5.74, 6) is 0.622. The Morgan fingerprint density at radius 2 is 1.74 bits per heavy atom. The van der Waals surface area contributed by atoms with Crippen LogP contribution in [0.5, 0.6) is 0 Å². The first kappa shape index (κ1) is 24.5. The Morgan fingerprint density at radius 3 is 2.51 bits per heavy atom. The van der Waals surface area contributed by atoms with Crippen LogP contribution in [0.3, 0.4) is 0 Å². The van der Waals surface area contributed by atoms with Gasteiger partial charge < -0.3 is 14.9 Å². The van der Waals surface area contributed by atoms with Gasteiger partial charge >= 0.3 is 0 Å². The van der Waals surface area contributed by atoms with Crippen LogP contribution >= 0.6 is 12.2 Å². The number of carbonyl (C=O) groups excluding carboxylic acids is 1. The van der Waals surface area contributed by atoms with E-state index < -0.39 is 11.0 Å². The number of benzene rings is 3. The maximum Gasteiger partial charge on any atom is 0.269 e. The molecular formula is C29H24N6O3S. The lowest BCUT2D eigenvalue weighted by Gasteiger charge is -2.23. The number of aryl methyl sites for hydroxylation is 1. The summed E-state index contributed by atoms with van der Waals surface area (Å²) in [5, 5.41) is 12.6. The van der Waals surface area contributed by atoms with Crippen molar-refractivity contribution in [2.24, 2.45) is 0 Å². The quantitative estimate of drug-likeness (QED) is 0.152. The van der Waals surface area contributed by atoms with Crippen LogP contribution in [0.25, 0.3) is 22.2 Å². The predicted molar refractivity (Wildman–Crippen MR) is 153 cm³/mol. The Labute approximate surface area is 229 Å². The van der Waals surface area contributed by atoms with Crippen LogP contribution in [-0.4, -0.2) is 41.8 Å². The van der Waals surface area contributed by atoms with Crippen molar-refractivity contribution in [3.8, 4) is 11.3 Å². The number of para-hydroxylation sites is 1. The minimum Gasteiger partial charge on any atom is -0.361 e. The number of nitro benzene ring substituents is 1. The molecule has 0 spiro atoms. The molecule has 39 heavy (non-hydrogen) atoms. The van der Waals surface area contributed by atoms with Gasteiger partial charge in [-0.1, -0.05) is 48.5 Å². The second-order valence-electron chi connectivity index (χ2n) is 9.38. The van der Waals surface area contributed by atoms with E-state index in [2.05, 4.69) is 15.0 Å². The molecule has 6 rings (SSSR count). The zero-order chi connectivity index (χ0) is 26.9. The average Bonchev–Trinajstić information content (AvgIpc) is 3.66. The summed E-state index contributed by atoms with van der Waals surface area (Å²) in [7, 11) is 0. The lowest BCUT2D eigenvalue weighted by atomic mass is 10.1. The lowest BCUT2D eigenvalue weighted by Crippen LogP contribution is -2.35. The molecule has 0 radical (unpaired) electrons. The topological polar surface area (TPSA) is 111 Å². The molecule has 1 aliphatic heterocycles. The van der Waals surface area contributed by atoms with E-state index in [-0.39, 0.29) is 11.6 Å². The fourth-order valence-electron chi connectivity index (χ4n) is 5.03. The molecule has 5 aromatic rings. The normalized spacial score (nSPS) is 15.4. The molecule has 1 atom stereocenters. The number of rotatable bonds is 8. The minimum absolute atomic E-state index is 0.0458. The zero-order valence-electron chi connectivity index (χ0n) is 20.8. The first-order valence-electron chi connectivity index (χ1n) is 12.5. The van der Waals surface area contributed by atoms with E-state index in [0.717, 1.165) is 33.5 Å². The number of imidazole rings is 1. The molecule has 1 saturated heterocycles. The highest BCUT2D eigenvalue weighted by Gasteiger charge is 2.43. The summed E-state index contributed by atoms with van der Waals surface area (Å²) in [6.07, 6.45) is 4.79. The number of aromatic amines is 2. The molecule has 194 valence electrons. The first-order valence-corrected chi connectivity index (χ1v) is 12.9. The smallest absolute Gasteiger partial charge is 0.269 e. The molecule has 0 bridgehead atoms. The van der Waals surface area contributed by atoms with Crippen molar-refractivity contribution < 1.29 is 9.72 Å². The lowest BCUT2D eigenvalue weighted by molar-refractivity contribution is -0.384. The maximum absolute atomic E-state index is 13.8. The van der Waals surface area contributed by atoms with Crippen LogP contribution in [0, 0.1) is 10.1 Å². The van der Waals surface area contributed by atoms with Gasteiger partial charge in [0.2, 0.25) is 0 Å². The molecule has 2 N–H and O–H groups in total. The van der Waals surface area contributed by atoms with Crippen molar-refractivity contribution in [1.82, 2.24) is 19.9 Å². The van der Waals surface area contributed by atoms with Gasteiger partial charge in [0.1, 0.15) is 11.9 Å². The molecule has 2 aromatic heterocycles. The van der Waals surface area contributed by atoms with Gasteiger partial charge in [0.15, 0.2) is 5.11 Å². The Kier molecular flexibility index (Phi) is 6.37. The van der Waals surface area contributed by atoms with E-state index >= 15 is 0 Å². The number of carbonyl (C=O) groups is 1. The fraction of sp³-hybridized carbons (Fsp3) is 0.138. The second kappa shape index (κ2) is 10.1. The molecule has 1 amide bonds. The Morgan fingerprint density at radius 1 is 1.00 bits per heavy atom. The number of thiocarbonyl (C=S) groups is 1. The number of nitrogens with one attached hydrogen (secondary N) is 2. The standard InChI is InChI=1S/C29H24N6O3S/c36-28-26(14-15-27-31-17-25(32-27)19-6-2-1-3-7-19)33(18-20-16-30-24-9-5-4-8-23(20)24)29(39)34(28)21-10-12-22(13-11-21)35(37)38/h1-13,16-17,26,30H,14-15,18H2,(H,31,32)/t26-/m0/s1. The predicted octanol–water partition coefficient (Wildman–Crippen LogP) is 5.60. The number of anilines is 1. The van der Waals surface area contributed by atoms with E-state index in [4.69, 9.17) is 12.2 Å². The molecular weight excluding hydrogens is 512 g/mol. The van der Waals surface area contributed by atoms with E-state index in [9.17, 15) is 14.9 Å². The van der Waals surface area contributed by atoms with E-state index in [0.29, 0.717) is 30.2 Å². The molecule has 10 heteroatoms. The summed E-state index contributed by atoms with van der Waals surface area (Å²) in [6, 6.07) is 23.3. The number of fused-ring (bicyclic) bond motifs is 1. The summed E-state index contributed by atoms with van der Waals surface area (Å²) in [6.45, 7) is 0.441. The van der Waals surface area contributed by atoms with Gasteiger partial charge in [-0.3, -0.25) is 19.8 Å². The minimum atomic E-state index is -0.522. The molecule has 9 nitrogen and oxygen atoms in total. The zero-order valence-corrected chi connectivity index (χ0v) is 21.6. The fourth-order valence-corrected chi connectivity index (χ4v) is 5.42. The highest BCUT2D eigenvalue weighted by atomic mass is 32.1. The first-order chi connectivity index (χ1) is 19.0. The number of H-pyrrole nitrogens is 2. The van der Waals surface area contributed by atoms with Crippen LogP contribution in [0.4, 0.5) is 11.4 Å². The third-order valence-electron chi connectivity index (χ3n) is 7.02. The monoisotopic (exact) mass is 536 g/mol. The van der Waals surface area contributed by atoms with Crippen LogP contribution < -0.4 is 4.90 Å². The third-order valence-corrected chi connectivity index (χ3v) is 7.44. The van der Waals surface area contributed by atoms with Crippen molar-refractivity contribution in [3.63, 3.8) is 0 Å². The van der Waals surface area contributed by atoms with Gasteiger partial charge in [-0.2, -0.15) is 0 Å². The number of hydrogen-bond donors (Lipinski definition) is 2. The molecule has 3 heterocycles. The van der Waals surface area contributed by atoms with E-state index in [1.165, 1.54) is 17.0 Å². The second-order valence-corrected chi connectivity index (χ2v) is 9.75. The molecule has 0 unspecified atom stereocenters. The van der Waals surface area contributed by atoms with Gasteiger partial charge in [-0.25, -0.2) is 4.98 Å². The number of hydrogen-bond acceptors (Lipinski definition) is 5. The summed E-state index contributed by atoms with van der Waals surface area (Å²) < 4.78 is 0. The SMILES string of the molecule is O=C1[C@H](CCc2ncc(-c3ccccc3)[nH]2)N(Cc2c[nH]c3ccccc23)C(=S)N1c1ccc([N+](=O)[O-])cc1. The van der Waals surface area contributed by atoms with Gasteiger partial charge in [-0.05, 0) is 48.0 Å². The van der Waals surface area contributed by atoms with Crippen molar-refractivity contribution >= 4 is 45.5 Å². The van der Waals surface area contributed by atoms with Crippen LogP contribution in [-0.2, 0) is 17.8 Å². The van der Waals surface area contributed by atoms with E-state index in [1.807, 2.05) is 65.7 Å². The highest BCUT2D eigenvalue weighted by Crippen LogP contribution is 2.32. The average molecular weight is 537 g/mol. The van der Waals surface area contributed by atoms with Crippen molar-refractivity contribution in [1.29, 1.82) is 0 Å². The van der Waals surface area contributed by atoms with Gasteiger partial charge in [0, 0.05) is 42.2 Å². The van der Waals surface area contributed by atoms with E-state index in [1.54, 1.807) is 18.3 Å². The number of non-ortho nitro benzene ring substituents is 1. The highest BCUT2D eigenvalue weighted by molar-refractivity contribution is 7.80. The summed E-state index contributed by atoms with van der Waals surface area (Å²) in [4.78, 5) is 39.1. The molecule has 3 aromatic carbocycles. The number of nitrogens with zero attached hydrogens (tertiary/aromatic N) is 4. The molecule has 1 aliphatic rings.